The molecule has 29 heavy (non-hydrogen) atoms. The molecule has 0 bridgehead atoms. The first-order valence-electron chi connectivity index (χ1n) is 8.49. The Hall–Kier alpha value is -1.69. The van der Waals surface area contributed by atoms with E-state index in [2.05, 4.69) is 10.3 Å². The third kappa shape index (κ3) is 7.57. The van der Waals surface area contributed by atoms with Gasteiger partial charge in [-0.2, -0.15) is 0 Å². The molecule has 0 radical (unpaired) electrons. The maximum Gasteiger partial charge on any atom is 0.161 e. The number of benzene rings is 2. The third-order valence-electron chi connectivity index (χ3n) is 3.99. The monoisotopic (exact) mass is 474 g/mol. The SMILES string of the molecule is COc1cc(CNCc2cccnc2)ccc1OCc1ccc(Cl)c(Cl)c1.Cl.Cl. The van der Waals surface area contributed by atoms with E-state index < -0.39 is 0 Å². The average molecular weight is 476 g/mol. The van der Waals surface area contributed by atoms with Crippen LogP contribution in [0, 0.1) is 0 Å². The Labute approximate surface area is 193 Å². The molecule has 1 aromatic heterocycles. The first-order valence-corrected chi connectivity index (χ1v) is 9.24. The Morgan fingerprint density at radius 1 is 0.862 bits per heavy atom. The average Bonchev–Trinajstić information content (AvgIpc) is 2.70. The maximum atomic E-state index is 6.04. The van der Waals surface area contributed by atoms with Crippen LogP contribution in [0.2, 0.25) is 10.0 Å². The summed E-state index contributed by atoms with van der Waals surface area (Å²) in [5.41, 5.74) is 3.19. The first-order chi connectivity index (χ1) is 13.2. The summed E-state index contributed by atoms with van der Waals surface area (Å²) in [5.74, 6) is 1.37. The van der Waals surface area contributed by atoms with E-state index in [-0.39, 0.29) is 24.8 Å². The largest absolute Gasteiger partial charge is 0.493 e. The maximum absolute atomic E-state index is 6.04. The summed E-state index contributed by atoms with van der Waals surface area (Å²) in [4.78, 5) is 4.11. The van der Waals surface area contributed by atoms with Crippen LogP contribution >= 0.6 is 48.0 Å². The second-order valence-electron chi connectivity index (χ2n) is 5.99. The molecule has 3 aromatic rings. The molecule has 0 atom stereocenters. The molecule has 0 unspecified atom stereocenters. The van der Waals surface area contributed by atoms with Crippen LogP contribution in [0.25, 0.3) is 0 Å². The number of pyridine rings is 1. The van der Waals surface area contributed by atoms with E-state index in [1.54, 1.807) is 25.4 Å². The fourth-order valence-corrected chi connectivity index (χ4v) is 2.91. The lowest BCUT2D eigenvalue weighted by molar-refractivity contribution is 0.284. The zero-order valence-corrected chi connectivity index (χ0v) is 18.9. The Morgan fingerprint density at radius 2 is 1.62 bits per heavy atom. The fraction of sp³-hybridized carbons (Fsp3) is 0.190. The van der Waals surface area contributed by atoms with Gasteiger partial charge < -0.3 is 14.8 Å². The zero-order chi connectivity index (χ0) is 19.1. The van der Waals surface area contributed by atoms with Crippen molar-refractivity contribution in [2.24, 2.45) is 0 Å². The Morgan fingerprint density at radius 3 is 2.31 bits per heavy atom. The Bertz CT molecular complexity index is 895. The van der Waals surface area contributed by atoms with Crippen molar-refractivity contribution >= 4 is 48.0 Å². The van der Waals surface area contributed by atoms with Crippen LogP contribution in [0.3, 0.4) is 0 Å². The number of hydrogen-bond donors (Lipinski definition) is 1. The van der Waals surface area contributed by atoms with Crippen LogP contribution in [-0.2, 0) is 19.7 Å². The second kappa shape index (κ2) is 12.8. The molecule has 0 saturated heterocycles. The number of aromatic nitrogens is 1. The summed E-state index contributed by atoms with van der Waals surface area (Å²) < 4.78 is 11.4. The third-order valence-corrected chi connectivity index (χ3v) is 4.73. The van der Waals surface area contributed by atoms with Crippen LogP contribution in [0.4, 0.5) is 0 Å². The molecule has 1 N–H and O–H groups in total. The number of rotatable bonds is 8. The van der Waals surface area contributed by atoms with Crippen molar-refractivity contribution in [1.82, 2.24) is 10.3 Å². The van der Waals surface area contributed by atoms with E-state index in [9.17, 15) is 0 Å². The quantitative estimate of drug-likeness (QED) is 0.426. The van der Waals surface area contributed by atoms with E-state index in [0.717, 1.165) is 29.8 Å². The van der Waals surface area contributed by atoms with Gasteiger partial charge in [0.25, 0.3) is 0 Å². The molecule has 156 valence electrons. The molecule has 1 heterocycles. The van der Waals surface area contributed by atoms with Crippen molar-refractivity contribution in [3.8, 4) is 11.5 Å². The van der Waals surface area contributed by atoms with Gasteiger partial charge in [0.15, 0.2) is 11.5 Å². The molecular formula is C21H22Cl4N2O2. The van der Waals surface area contributed by atoms with Crippen molar-refractivity contribution in [1.29, 1.82) is 0 Å². The van der Waals surface area contributed by atoms with Crippen LogP contribution < -0.4 is 14.8 Å². The van der Waals surface area contributed by atoms with Gasteiger partial charge in [0.1, 0.15) is 6.61 Å². The zero-order valence-electron chi connectivity index (χ0n) is 15.7. The van der Waals surface area contributed by atoms with E-state index in [0.29, 0.717) is 28.2 Å². The van der Waals surface area contributed by atoms with Crippen molar-refractivity contribution in [2.45, 2.75) is 19.7 Å². The predicted octanol–water partition coefficient (Wildman–Crippen LogP) is 6.11. The minimum atomic E-state index is 0. The molecule has 0 amide bonds. The molecule has 0 spiro atoms. The highest BCUT2D eigenvalue weighted by atomic mass is 35.5. The van der Waals surface area contributed by atoms with Gasteiger partial charge in [0.2, 0.25) is 0 Å². The molecule has 2 aromatic carbocycles. The lowest BCUT2D eigenvalue weighted by Crippen LogP contribution is -2.12. The summed E-state index contributed by atoms with van der Waals surface area (Å²) in [6.45, 7) is 1.86. The van der Waals surface area contributed by atoms with Crippen LogP contribution in [0.15, 0.2) is 60.9 Å². The normalized spacial score (nSPS) is 9.90. The first kappa shape index (κ1) is 25.3. The van der Waals surface area contributed by atoms with Gasteiger partial charge in [-0.1, -0.05) is 41.4 Å². The van der Waals surface area contributed by atoms with E-state index >= 15 is 0 Å². The van der Waals surface area contributed by atoms with Gasteiger partial charge in [-0.3, -0.25) is 4.98 Å². The number of methoxy groups -OCH3 is 1. The van der Waals surface area contributed by atoms with E-state index in [1.807, 2.05) is 42.6 Å². The minimum absolute atomic E-state index is 0. The number of ether oxygens (including phenoxy) is 2. The molecule has 0 saturated carbocycles. The van der Waals surface area contributed by atoms with Gasteiger partial charge >= 0.3 is 0 Å². The fourth-order valence-electron chi connectivity index (χ4n) is 2.59. The van der Waals surface area contributed by atoms with Crippen LogP contribution in [0.1, 0.15) is 16.7 Å². The molecule has 0 aliphatic carbocycles. The molecule has 0 fully saturated rings. The van der Waals surface area contributed by atoms with Crippen molar-refractivity contribution in [2.75, 3.05) is 7.11 Å². The second-order valence-corrected chi connectivity index (χ2v) is 6.80. The standard InChI is InChI=1S/C21H20Cl2N2O2.2ClH/c1-26-21-10-15(11-25-13-17-3-2-8-24-12-17)5-7-20(21)27-14-16-4-6-18(22)19(23)9-16;;/h2-10,12,25H,11,13-14H2,1H3;2*1H. The minimum Gasteiger partial charge on any atom is -0.493 e. The molecule has 3 rings (SSSR count). The molecule has 4 nitrogen and oxygen atoms in total. The number of nitrogens with one attached hydrogen (secondary N) is 1. The summed E-state index contributed by atoms with van der Waals surface area (Å²) in [6, 6.07) is 15.3. The van der Waals surface area contributed by atoms with Gasteiger partial charge in [0.05, 0.1) is 17.2 Å². The van der Waals surface area contributed by atoms with Crippen molar-refractivity contribution < 1.29 is 9.47 Å². The number of nitrogens with zero attached hydrogens (tertiary/aromatic N) is 1. The van der Waals surface area contributed by atoms with Gasteiger partial charge in [-0.15, -0.1) is 24.8 Å². The van der Waals surface area contributed by atoms with Gasteiger partial charge in [0, 0.05) is 25.5 Å². The lowest BCUT2D eigenvalue weighted by Gasteiger charge is -2.13. The summed E-state index contributed by atoms with van der Waals surface area (Å²) in [5, 5.41) is 4.44. The van der Waals surface area contributed by atoms with Gasteiger partial charge in [-0.05, 0) is 47.0 Å². The lowest BCUT2D eigenvalue weighted by atomic mass is 10.2. The smallest absolute Gasteiger partial charge is 0.161 e. The molecule has 0 aliphatic rings. The predicted molar refractivity (Wildman–Crippen MR) is 123 cm³/mol. The molecule has 8 heteroatoms. The summed E-state index contributed by atoms with van der Waals surface area (Å²) >= 11 is 12.0. The van der Waals surface area contributed by atoms with E-state index in [1.165, 1.54) is 0 Å². The van der Waals surface area contributed by atoms with E-state index in [4.69, 9.17) is 32.7 Å². The topological polar surface area (TPSA) is 43.4 Å². The number of halogens is 4. The van der Waals surface area contributed by atoms with Crippen LogP contribution in [0.5, 0.6) is 11.5 Å². The van der Waals surface area contributed by atoms with Crippen molar-refractivity contribution in [3.05, 3.63) is 87.7 Å². The van der Waals surface area contributed by atoms with Crippen molar-refractivity contribution in [3.63, 3.8) is 0 Å². The number of hydrogen-bond acceptors (Lipinski definition) is 4. The summed E-state index contributed by atoms with van der Waals surface area (Å²) in [7, 11) is 1.63. The van der Waals surface area contributed by atoms with Crippen LogP contribution in [-0.4, -0.2) is 12.1 Å². The molecular weight excluding hydrogens is 454 g/mol. The Kier molecular flexibility index (Phi) is 11.2. The highest BCUT2D eigenvalue weighted by molar-refractivity contribution is 6.42. The Balaban J connectivity index is 0.00000210. The molecule has 0 aliphatic heterocycles. The summed E-state index contributed by atoms with van der Waals surface area (Å²) in [6.07, 6.45) is 3.62. The highest BCUT2D eigenvalue weighted by Gasteiger charge is 2.07. The highest BCUT2D eigenvalue weighted by Crippen LogP contribution is 2.29. The van der Waals surface area contributed by atoms with Gasteiger partial charge in [-0.25, -0.2) is 0 Å².